The van der Waals surface area contributed by atoms with E-state index in [1.807, 2.05) is 0 Å². The molecule has 1 heterocycles. The molecule has 1 aromatic carbocycles. The van der Waals surface area contributed by atoms with Gasteiger partial charge in [-0.3, -0.25) is 0 Å². The maximum atomic E-state index is 8.94. The summed E-state index contributed by atoms with van der Waals surface area (Å²) in [5, 5.41) is 8.94. The number of rotatable bonds is 2. The molecule has 1 atom stereocenters. The van der Waals surface area contributed by atoms with Crippen molar-refractivity contribution in [3.63, 3.8) is 0 Å². The highest BCUT2D eigenvalue weighted by atomic mass is 16.6. The maximum Gasteiger partial charge on any atom is 0.184 e. The summed E-state index contributed by atoms with van der Waals surface area (Å²) in [5.41, 5.74) is 6.23. The zero-order chi connectivity index (χ0) is 10.8. The van der Waals surface area contributed by atoms with Crippen LogP contribution in [0.2, 0.25) is 0 Å². The lowest BCUT2D eigenvalue weighted by Gasteiger charge is -2.26. The minimum Gasteiger partial charge on any atom is -0.497 e. The smallest absolute Gasteiger partial charge is 0.184 e. The predicted octanol–water partition coefficient (Wildman–Crippen LogP) is 0.410. The van der Waals surface area contributed by atoms with Crippen molar-refractivity contribution in [1.82, 2.24) is 0 Å². The van der Waals surface area contributed by atoms with Crippen LogP contribution >= 0.6 is 0 Å². The average molecular weight is 211 g/mol. The van der Waals surface area contributed by atoms with Gasteiger partial charge in [0.05, 0.1) is 19.4 Å². The van der Waals surface area contributed by atoms with Crippen LogP contribution in [0.15, 0.2) is 12.1 Å². The monoisotopic (exact) mass is 211 g/mol. The van der Waals surface area contributed by atoms with E-state index in [9.17, 15) is 0 Å². The summed E-state index contributed by atoms with van der Waals surface area (Å²) in [6.07, 6.45) is -0.344. The van der Waals surface area contributed by atoms with Gasteiger partial charge in [-0.2, -0.15) is 0 Å². The van der Waals surface area contributed by atoms with Crippen molar-refractivity contribution < 1.29 is 19.3 Å². The van der Waals surface area contributed by atoms with Gasteiger partial charge >= 0.3 is 0 Å². The van der Waals surface area contributed by atoms with Crippen molar-refractivity contribution in [2.45, 2.75) is 6.10 Å². The molecule has 0 bridgehead atoms. The van der Waals surface area contributed by atoms with E-state index in [0.29, 0.717) is 29.5 Å². The van der Waals surface area contributed by atoms with Gasteiger partial charge in [0.1, 0.15) is 12.4 Å². The number of nitrogens with two attached hydrogens (primary N) is 1. The largest absolute Gasteiger partial charge is 0.497 e. The molecule has 0 amide bonds. The predicted molar refractivity (Wildman–Crippen MR) is 54.4 cm³/mol. The van der Waals surface area contributed by atoms with Crippen LogP contribution in [0.3, 0.4) is 0 Å². The first kappa shape index (κ1) is 9.92. The summed E-state index contributed by atoms with van der Waals surface area (Å²) in [7, 11) is 1.55. The summed E-state index contributed by atoms with van der Waals surface area (Å²) in [5.74, 6) is 1.63. The van der Waals surface area contributed by atoms with Gasteiger partial charge in [0.25, 0.3) is 0 Å². The van der Waals surface area contributed by atoms with Crippen LogP contribution in [0.4, 0.5) is 5.69 Å². The number of aliphatic hydroxyl groups excluding tert-OH is 1. The van der Waals surface area contributed by atoms with Crippen LogP contribution in [0.1, 0.15) is 0 Å². The van der Waals surface area contributed by atoms with Gasteiger partial charge in [-0.15, -0.1) is 0 Å². The average Bonchev–Trinajstić information content (AvgIpc) is 2.28. The second-order valence-electron chi connectivity index (χ2n) is 3.28. The molecular formula is C10H13NO4. The third-order valence-electron chi connectivity index (χ3n) is 2.20. The standard InChI is InChI=1S/C10H13NO4/c1-13-6-2-8(11)10-9(3-6)15-7(4-12)5-14-10/h2-3,7,12H,4-5,11H2,1H3/t7-/m0/s1. The Labute approximate surface area is 87.4 Å². The Morgan fingerprint density at radius 3 is 3.07 bits per heavy atom. The van der Waals surface area contributed by atoms with Gasteiger partial charge in [-0.1, -0.05) is 0 Å². The summed E-state index contributed by atoms with van der Waals surface area (Å²) >= 11 is 0. The quantitative estimate of drug-likeness (QED) is 0.693. The second kappa shape index (κ2) is 3.86. The molecule has 82 valence electrons. The fourth-order valence-corrected chi connectivity index (χ4v) is 1.44. The summed E-state index contributed by atoms with van der Waals surface area (Å²) < 4.78 is 15.9. The Morgan fingerprint density at radius 2 is 2.40 bits per heavy atom. The van der Waals surface area contributed by atoms with Crippen molar-refractivity contribution in [3.8, 4) is 17.2 Å². The van der Waals surface area contributed by atoms with Crippen molar-refractivity contribution in [3.05, 3.63) is 12.1 Å². The maximum absolute atomic E-state index is 8.94. The summed E-state index contributed by atoms with van der Waals surface area (Å²) in [6.45, 7) is 0.219. The van der Waals surface area contributed by atoms with E-state index in [4.69, 9.17) is 25.1 Å². The van der Waals surface area contributed by atoms with Gasteiger partial charge in [-0.05, 0) is 0 Å². The van der Waals surface area contributed by atoms with E-state index < -0.39 is 0 Å². The Morgan fingerprint density at radius 1 is 1.60 bits per heavy atom. The molecule has 0 saturated heterocycles. The Hall–Kier alpha value is -1.62. The van der Waals surface area contributed by atoms with E-state index in [1.54, 1.807) is 19.2 Å². The number of fused-ring (bicyclic) bond motifs is 1. The third kappa shape index (κ3) is 1.78. The molecule has 5 heteroatoms. The number of methoxy groups -OCH3 is 1. The molecule has 0 unspecified atom stereocenters. The zero-order valence-electron chi connectivity index (χ0n) is 8.40. The molecule has 0 saturated carbocycles. The van der Waals surface area contributed by atoms with Gasteiger partial charge in [-0.25, -0.2) is 0 Å². The third-order valence-corrected chi connectivity index (χ3v) is 2.20. The molecule has 0 radical (unpaired) electrons. The number of anilines is 1. The normalized spacial score (nSPS) is 18.7. The number of aliphatic hydroxyl groups is 1. The SMILES string of the molecule is COc1cc(N)c2c(c1)O[C@@H](CO)CO2. The van der Waals surface area contributed by atoms with Crippen LogP contribution < -0.4 is 19.9 Å². The van der Waals surface area contributed by atoms with E-state index in [1.165, 1.54) is 0 Å². The van der Waals surface area contributed by atoms with Crippen LogP contribution in [0.5, 0.6) is 17.2 Å². The Kier molecular flexibility index (Phi) is 2.55. The van der Waals surface area contributed by atoms with Crippen molar-refractivity contribution in [2.24, 2.45) is 0 Å². The topological polar surface area (TPSA) is 73.9 Å². The highest BCUT2D eigenvalue weighted by molar-refractivity contribution is 5.64. The molecule has 1 aliphatic rings. The number of ether oxygens (including phenoxy) is 3. The molecule has 5 nitrogen and oxygen atoms in total. The first-order valence-electron chi connectivity index (χ1n) is 4.62. The van der Waals surface area contributed by atoms with Crippen molar-refractivity contribution >= 4 is 5.69 Å². The van der Waals surface area contributed by atoms with E-state index in [-0.39, 0.29) is 12.7 Å². The summed E-state index contributed by atoms with van der Waals surface area (Å²) in [6, 6.07) is 3.36. The van der Waals surface area contributed by atoms with E-state index >= 15 is 0 Å². The lowest BCUT2D eigenvalue weighted by molar-refractivity contribution is 0.0459. The molecule has 1 aliphatic heterocycles. The lowest BCUT2D eigenvalue weighted by atomic mass is 10.2. The van der Waals surface area contributed by atoms with Crippen LogP contribution in [0, 0.1) is 0 Å². The van der Waals surface area contributed by atoms with Crippen LogP contribution in [-0.2, 0) is 0 Å². The number of benzene rings is 1. The van der Waals surface area contributed by atoms with Crippen molar-refractivity contribution in [2.75, 3.05) is 26.1 Å². The lowest BCUT2D eigenvalue weighted by Crippen LogP contribution is -2.32. The first-order chi connectivity index (χ1) is 7.24. The molecule has 0 fully saturated rings. The molecule has 0 spiro atoms. The molecule has 15 heavy (non-hydrogen) atoms. The summed E-state index contributed by atoms with van der Waals surface area (Å²) in [4.78, 5) is 0. The molecule has 0 aromatic heterocycles. The van der Waals surface area contributed by atoms with E-state index in [0.717, 1.165) is 0 Å². The van der Waals surface area contributed by atoms with Gasteiger partial charge < -0.3 is 25.1 Å². The molecule has 0 aliphatic carbocycles. The minimum absolute atomic E-state index is 0.0868. The Balaban J connectivity index is 2.35. The first-order valence-corrected chi connectivity index (χ1v) is 4.62. The van der Waals surface area contributed by atoms with Gasteiger partial charge in [0.15, 0.2) is 17.6 Å². The fraction of sp³-hybridized carbons (Fsp3) is 0.400. The molecule has 2 rings (SSSR count). The molecule has 3 N–H and O–H groups in total. The number of hydrogen-bond donors (Lipinski definition) is 2. The van der Waals surface area contributed by atoms with Crippen molar-refractivity contribution in [1.29, 1.82) is 0 Å². The van der Waals surface area contributed by atoms with Crippen LogP contribution in [0.25, 0.3) is 0 Å². The zero-order valence-corrected chi connectivity index (χ0v) is 8.40. The molecule has 1 aromatic rings. The number of hydrogen-bond acceptors (Lipinski definition) is 5. The minimum atomic E-state index is -0.344. The van der Waals surface area contributed by atoms with E-state index in [2.05, 4.69) is 0 Å². The Bertz CT molecular complexity index is 367. The highest BCUT2D eigenvalue weighted by Crippen LogP contribution is 2.40. The van der Waals surface area contributed by atoms with Crippen LogP contribution in [-0.4, -0.2) is 31.5 Å². The highest BCUT2D eigenvalue weighted by Gasteiger charge is 2.23. The second-order valence-corrected chi connectivity index (χ2v) is 3.28. The number of nitrogen functional groups attached to an aromatic ring is 1. The van der Waals surface area contributed by atoms with Gasteiger partial charge in [0, 0.05) is 12.1 Å². The fourth-order valence-electron chi connectivity index (χ4n) is 1.44. The molecular weight excluding hydrogens is 198 g/mol. The van der Waals surface area contributed by atoms with Gasteiger partial charge in [0.2, 0.25) is 0 Å².